The maximum absolute atomic E-state index is 11.7. The van der Waals surface area contributed by atoms with Crippen LogP contribution in [0.5, 0.6) is 11.5 Å². The van der Waals surface area contributed by atoms with Crippen molar-refractivity contribution in [3.8, 4) is 11.5 Å². The molecular formula is C13H13NO8. The van der Waals surface area contributed by atoms with Gasteiger partial charge in [-0.15, -0.1) is 0 Å². The SMILES string of the molecule is COC(=O)C(C(=O)O)C(C[N+](=O)[O-])c1ccc2c(c1)OCO2. The van der Waals surface area contributed by atoms with E-state index >= 15 is 0 Å². The van der Waals surface area contributed by atoms with Crippen molar-refractivity contribution in [3.63, 3.8) is 0 Å². The highest BCUT2D eigenvalue weighted by molar-refractivity contribution is 5.95. The number of nitrogens with zero attached hydrogens (tertiary/aromatic N) is 1. The van der Waals surface area contributed by atoms with Crippen LogP contribution in [0.4, 0.5) is 0 Å². The van der Waals surface area contributed by atoms with Gasteiger partial charge in [0, 0.05) is 4.92 Å². The maximum Gasteiger partial charge on any atom is 0.320 e. The Kier molecular flexibility index (Phi) is 4.44. The van der Waals surface area contributed by atoms with Gasteiger partial charge in [-0.3, -0.25) is 19.7 Å². The standard InChI is InChI=1S/C13H13NO8/c1-20-13(17)11(12(15)16)8(5-14(18)19)7-2-3-9-10(4-7)22-6-21-9/h2-4,8,11H,5-6H2,1H3,(H,15,16). The molecule has 0 aromatic heterocycles. The van der Waals surface area contributed by atoms with Gasteiger partial charge >= 0.3 is 11.9 Å². The van der Waals surface area contributed by atoms with Crippen LogP contribution in [0.3, 0.4) is 0 Å². The summed E-state index contributed by atoms with van der Waals surface area (Å²) in [5.74, 6) is -4.60. The Balaban J connectivity index is 2.42. The number of carboxylic acid groups (broad SMARTS) is 1. The average molecular weight is 311 g/mol. The topological polar surface area (TPSA) is 125 Å². The zero-order valence-electron chi connectivity index (χ0n) is 11.6. The predicted octanol–water partition coefficient (Wildman–Crippen LogP) is 0.649. The van der Waals surface area contributed by atoms with Crippen molar-refractivity contribution in [2.75, 3.05) is 20.4 Å². The Labute approximate surface area is 124 Å². The molecule has 9 heteroatoms. The van der Waals surface area contributed by atoms with Crippen molar-refractivity contribution >= 4 is 11.9 Å². The van der Waals surface area contributed by atoms with Crippen LogP contribution < -0.4 is 9.47 Å². The van der Waals surface area contributed by atoms with Crippen LogP contribution in [0.2, 0.25) is 0 Å². The van der Waals surface area contributed by atoms with E-state index < -0.39 is 35.2 Å². The van der Waals surface area contributed by atoms with Gasteiger partial charge in [0.2, 0.25) is 13.3 Å². The quantitative estimate of drug-likeness (QED) is 0.351. The van der Waals surface area contributed by atoms with Gasteiger partial charge in [-0.2, -0.15) is 0 Å². The van der Waals surface area contributed by atoms with Crippen LogP contribution >= 0.6 is 0 Å². The van der Waals surface area contributed by atoms with E-state index in [9.17, 15) is 24.8 Å². The number of hydrogen-bond acceptors (Lipinski definition) is 7. The molecule has 0 radical (unpaired) electrons. The van der Waals surface area contributed by atoms with E-state index in [0.29, 0.717) is 17.1 Å². The molecule has 1 aromatic rings. The third-order valence-corrected chi connectivity index (χ3v) is 3.29. The van der Waals surface area contributed by atoms with E-state index in [-0.39, 0.29) is 6.79 Å². The molecule has 1 heterocycles. The van der Waals surface area contributed by atoms with Gasteiger partial charge in [0.25, 0.3) is 0 Å². The molecule has 0 fully saturated rings. The molecule has 0 saturated carbocycles. The number of carbonyl (C=O) groups excluding carboxylic acids is 1. The Morgan fingerprint density at radius 3 is 2.68 bits per heavy atom. The van der Waals surface area contributed by atoms with Gasteiger partial charge < -0.3 is 19.3 Å². The van der Waals surface area contributed by atoms with Crippen molar-refractivity contribution in [1.82, 2.24) is 0 Å². The fraction of sp³-hybridized carbons (Fsp3) is 0.385. The number of nitro groups is 1. The molecule has 0 bridgehead atoms. The molecule has 118 valence electrons. The number of esters is 1. The minimum absolute atomic E-state index is 0.0120. The van der Waals surface area contributed by atoms with Gasteiger partial charge in [-0.1, -0.05) is 6.07 Å². The van der Waals surface area contributed by atoms with Crippen LogP contribution in [0.1, 0.15) is 11.5 Å². The summed E-state index contributed by atoms with van der Waals surface area (Å²) in [6.07, 6.45) is 0. The molecule has 2 atom stereocenters. The second-order valence-electron chi connectivity index (χ2n) is 4.57. The summed E-state index contributed by atoms with van der Waals surface area (Å²) in [7, 11) is 1.03. The Morgan fingerprint density at radius 2 is 2.09 bits per heavy atom. The van der Waals surface area contributed by atoms with E-state index in [1.54, 1.807) is 0 Å². The van der Waals surface area contributed by atoms with Crippen LogP contribution in [0.25, 0.3) is 0 Å². The number of methoxy groups -OCH3 is 1. The first-order valence-corrected chi connectivity index (χ1v) is 6.26. The average Bonchev–Trinajstić information content (AvgIpc) is 2.92. The summed E-state index contributed by atoms with van der Waals surface area (Å²) in [6, 6.07) is 4.43. The highest BCUT2D eigenvalue weighted by Crippen LogP contribution is 2.37. The van der Waals surface area contributed by atoms with E-state index in [1.165, 1.54) is 18.2 Å². The number of benzene rings is 1. The minimum atomic E-state index is -1.68. The molecular weight excluding hydrogens is 298 g/mol. The highest BCUT2D eigenvalue weighted by atomic mass is 16.7. The summed E-state index contributed by atoms with van der Waals surface area (Å²) in [5.41, 5.74) is 0.291. The lowest BCUT2D eigenvalue weighted by Crippen LogP contribution is -2.34. The van der Waals surface area contributed by atoms with Crippen molar-refractivity contribution in [1.29, 1.82) is 0 Å². The fourth-order valence-corrected chi connectivity index (χ4v) is 2.27. The van der Waals surface area contributed by atoms with Gasteiger partial charge in [0.05, 0.1) is 13.0 Å². The van der Waals surface area contributed by atoms with Gasteiger partial charge in [0.15, 0.2) is 17.4 Å². The second-order valence-corrected chi connectivity index (χ2v) is 4.57. The molecule has 2 unspecified atom stereocenters. The normalized spacial score (nSPS) is 15.0. The molecule has 9 nitrogen and oxygen atoms in total. The van der Waals surface area contributed by atoms with Crippen LogP contribution in [-0.2, 0) is 14.3 Å². The van der Waals surface area contributed by atoms with E-state index in [2.05, 4.69) is 4.74 Å². The first-order valence-electron chi connectivity index (χ1n) is 6.26. The van der Waals surface area contributed by atoms with E-state index in [0.717, 1.165) is 7.11 Å². The molecule has 1 aliphatic rings. The number of carbonyl (C=O) groups is 2. The lowest BCUT2D eigenvalue weighted by Gasteiger charge is -2.19. The second kappa shape index (κ2) is 6.29. The third kappa shape index (κ3) is 3.08. The summed E-state index contributed by atoms with van der Waals surface area (Å²) in [6.45, 7) is -0.718. The van der Waals surface area contributed by atoms with E-state index in [1.807, 2.05) is 0 Å². The third-order valence-electron chi connectivity index (χ3n) is 3.29. The van der Waals surface area contributed by atoms with Crippen molar-refractivity contribution in [3.05, 3.63) is 33.9 Å². The Bertz CT molecular complexity index is 614. The first-order chi connectivity index (χ1) is 10.4. The van der Waals surface area contributed by atoms with Crippen LogP contribution in [0, 0.1) is 16.0 Å². The minimum Gasteiger partial charge on any atom is -0.481 e. The number of fused-ring (bicyclic) bond motifs is 1. The van der Waals surface area contributed by atoms with E-state index in [4.69, 9.17) is 9.47 Å². The fourth-order valence-electron chi connectivity index (χ4n) is 2.27. The number of hydrogen-bond donors (Lipinski definition) is 1. The largest absolute Gasteiger partial charge is 0.481 e. The molecule has 22 heavy (non-hydrogen) atoms. The smallest absolute Gasteiger partial charge is 0.320 e. The Morgan fingerprint density at radius 1 is 1.41 bits per heavy atom. The molecule has 0 saturated heterocycles. The van der Waals surface area contributed by atoms with Gasteiger partial charge in [0.1, 0.15) is 0 Å². The lowest BCUT2D eigenvalue weighted by atomic mass is 9.85. The zero-order valence-corrected chi connectivity index (χ0v) is 11.6. The molecule has 1 N–H and O–H groups in total. The van der Waals surface area contributed by atoms with Crippen molar-refractivity contribution < 1.29 is 33.8 Å². The molecule has 0 spiro atoms. The summed E-state index contributed by atoms with van der Waals surface area (Å²) in [4.78, 5) is 33.2. The maximum atomic E-state index is 11.7. The highest BCUT2D eigenvalue weighted by Gasteiger charge is 2.40. The lowest BCUT2D eigenvalue weighted by molar-refractivity contribution is -0.484. The molecule has 2 rings (SSSR count). The van der Waals surface area contributed by atoms with Gasteiger partial charge in [-0.05, 0) is 17.7 Å². The summed E-state index contributed by atoms with van der Waals surface area (Å²) in [5, 5.41) is 20.1. The number of carboxylic acids is 1. The summed E-state index contributed by atoms with van der Waals surface area (Å²) >= 11 is 0. The predicted molar refractivity (Wildman–Crippen MR) is 70.3 cm³/mol. The van der Waals surface area contributed by atoms with Crippen molar-refractivity contribution in [2.24, 2.45) is 5.92 Å². The monoisotopic (exact) mass is 311 g/mol. The Hall–Kier alpha value is -2.84. The zero-order chi connectivity index (χ0) is 16.3. The summed E-state index contributed by atoms with van der Waals surface area (Å²) < 4.78 is 14.7. The molecule has 0 amide bonds. The van der Waals surface area contributed by atoms with Crippen LogP contribution in [0.15, 0.2) is 18.2 Å². The molecule has 0 aliphatic carbocycles. The number of aliphatic carboxylic acids is 1. The number of rotatable bonds is 6. The molecule has 1 aromatic carbocycles. The number of ether oxygens (including phenoxy) is 3. The first kappa shape index (κ1) is 15.5. The van der Waals surface area contributed by atoms with Gasteiger partial charge in [-0.25, -0.2) is 0 Å². The molecule has 1 aliphatic heterocycles. The van der Waals surface area contributed by atoms with Crippen molar-refractivity contribution in [2.45, 2.75) is 5.92 Å². The van der Waals surface area contributed by atoms with Crippen LogP contribution in [-0.4, -0.2) is 42.4 Å².